The van der Waals surface area contributed by atoms with Gasteiger partial charge in [0.15, 0.2) is 0 Å². The van der Waals surface area contributed by atoms with Crippen LogP contribution in [0.15, 0.2) is 65.4 Å². The summed E-state index contributed by atoms with van der Waals surface area (Å²) >= 11 is 9.73. The van der Waals surface area contributed by atoms with E-state index in [2.05, 4.69) is 26.3 Å². The molecule has 27 heavy (non-hydrogen) atoms. The van der Waals surface area contributed by atoms with Gasteiger partial charge in [-0.3, -0.25) is 4.79 Å². The lowest BCUT2D eigenvalue weighted by molar-refractivity contribution is 0.0942. The normalized spacial score (nSPS) is 12.2. The Morgan fingerprint density at radius 3 is 2.59 bits per heavy atom. The van der Waals surface area contributed by atoms with Gasteiger partial charge in [0, 0.05) is 22.2 Å². The molecule has 1 aromatic heterocycles. The number of carbonyl (C=O) groups excluding carboxylic acids is 1. The van der Waals surface area contributed by atoms with Crippen molar-refractivity contribution in [2.45, 2.75) is 6.04 Å². The maximum Gasteiger partial charge on any atom is 0.254 e. The quantitative estimate of drug-likeness (QED) is 0.612. The molecule has 140 valence electrons. The number of aromatic nitrogens is 2. The minimum Gasteiger partial charge on any atom is -0.350 e. The molecule has 1 N–H and O–H groups in total. The van der Waals surface area contributed by atoms with Gasteiger partial charge in [-0.25, -0.2) is 4.68 Å². The van der Waals surface area contributed by atoms with Crippen LogP contribution >= 0.6 is 27.5 Å². The molecule has 1 atom stereocenters. The second-order valence-electron chi connectivity index (χ2n) is 6.36. The SMILES string of the molecule is CN(C)C(CNC(=O)c1cnn(-c2ccc(Br)cc2)c1)c1ccccc1Cl. The zero-order chi connectivity index (χ0) is 19.4. The fraction of sp³-hybridized carbons (Fsp3) is 0.200. The lowest BCUT2D eigenvalue weighted by atomic mass is 10.1. The highest BCUT2D eigenvalue weighted by Gasteiger charge is 2.18. The topological polar surface area (TPSA) is 50.2 Å². The van der Waals surface area contributed by atoms with Gasteiger partial charge in [-0.05, 0) is 50.0 Å². The Labute approximate surface area is 172 Å². The summed E-state index contributed by atoms with van der Waals surface area (Å²) in [6.45, 7) is 0.443. The Bertz CT molecular complexity index is 924. The molecule has 0 saturated carbocycles. The third-order valence-electron chi connectivity index (χ3n) is 4.28. The number of halogens is 2. The summed E-state index contributed by atoms with van der Waals surface area (Å²) < 4.78 is 2.67. The first-order chi connectivity index (χ1) is 13.0. The molecule has 1 heterocycles. The highest BCUT2D eigenvalue weighted by molar-refractivity contribution is 9.10. The van der Waals surface area contributed by atoms with Gasteiger partial charge in [0.05, 0.1) is 23.5 Å². The number of nitrogens with one attached hydrogen (secondary N) is 1. The summed E-state index contributed by atoms with van der Waals surface area (Å²) in [5.41, 5.74) is 2.38. The largest absolute Gasteiger partial charge is 0.350 e. The van der Waals surface area contributed by atoms with Gasteiger partial charge < -0.3 is 10.2 Å². The van der Waals surface area contributed by atoms with Crippen LogP contribution in [0.25, 0.3) is 5.69 Å². The van der Waals surface area contributed by atoms with Crippen molar-refractivity contribution in [2.24, 2.45) is 0 Å². The van der Waals surface area contributed by atoms with Gasteiger partial charge >= 0.3 is 0 Å². The van der Waals surface area contributed by atoms with Crippen LogP contribution in [0.5, 0.6) is 0 Å². The lowest BCUT2D eigenvalue weighted by Gasteiger charge is -2.25. The standard InChI is InChI=1S/C20H20BrClN4O/c1-25(2)19(17-5-3-4-6-18(17)22)12-23-20(27)14-11-24-26(13-14)16-9-7-15(21)8-10-16/h3-11,13,19H,12H2,1-2H3,(H,23,27). The molecule has 3 aromatic rings. The van der Waals surface area contributed by atoms with E-state index in [9.17, 15) is 4.79 Å². The van der Waals surface area contributed by atoms with Crippen LogP contribution in [0.1, 0.15) is 22.0 Å². The summed E-state index contributed by atoms with van der Waals surface area (Å²) in [6, 6.07) is 15.4. The van der Waals surface area contributed by atoms with Crippen molar-refractivity contribution in [2.75, 3.05) is 20.6 Å². The van der Waals surface area contributed by atoms with Crippen LogP contribution in [0, 0.1) is 0 Å². The van der Waals surface area contributed by atoms with E-state index < -0.39 is 0 Å². The number of hydrogen-bond acceptors (Lipinski definition) is 3. The minimum atomic E-state index is -0.169. The zero-order valence-corrected chi connectivity index (χ0v) is 17.4. The molecule has 0 aliphatic carbocycles. The van der Waals surface area contributed by atoms with Crippen LogP contribution in [-0.4, -0.2) is 41.2 Å². The molecule has 5 nitrogen and oxygen atoms in total. The van der Waals surface area contributed by atoms with E-state index in [0.717, 1.165) is 15.7 Å². The average Bonchev–Trinajstić information content (AvgIpc) is 3.14. The summed E-state index contributed by atoms with van der Waals surface area (Å²) in [5, 5.41) is 7.95. The van der Waals surface area contributed by atoms with Gasteiger partial charge in [0.2, 0.25) is 0 Å². The van der Waals surface area contributed by atoms with E-state index in [-0.39, 0.29) is 11.9 Å². The van der Waals surface area contributed by atoms with E-state index >= 15 is 0 Å². The molecule has 0 saturated heterocycles. The van der Waals surface area contributed by atoms with E-state index in [0.29, 0.717) is 17.1 Å². The predicted octanol–water partition coefficient (Wildman–Crippen LogP) is 4.32. The molecule has 0 radical (unpaired) electrons. The predicted molar refractivity (Wildman–Crippen MR) is 111 cm³/mol. The van der Waals surface area contributed by atoms with Crippen molar-refractivity contribution in [3.05, 3.63) is 81.5 Å². The fourth-order valence-electron chi connectivity index (χ4n) is 2.78. The molecule has 1 unspecified atom stereocenters. The second-order valence-corrected chi connectivity index (χ2v) is 7.68. The van der Waals surface area contributed by atoms with Crippen molar-refractivity contribution >= 4 is 33.4 Å². The van der Waals surface area contributed by atoms with Gasteiger partial charge in [-0.15, -0.1) is 0 Å². The minimum absolute atomic E-state index is 0.0239. The van der Waals surface area contributed by atoms with Gasteiger partial charge in [-0.1, -0.05) is 45.7 Å². The number of hydrogen-bond donors (Lipinski definition) is 1. The van der Waals surface area contributed by atoms with E-state index in [4.69, 9.17) is 11.6 Å². The molecule has 7 heteroatoms. The van der Waals surface area contributed by atoms with Crippen molar-refractivity contribution in [1.82, 2.24) is 20.0 Å². The molecule has 0 aliphatic heterocycles. The first-order valence-corrected chi connectivity index (χ1v) is 9.62. The number of carbonyl (C=O) groups is 1. The number of nitrogens with zero attached hydrogens (tertiary/aromatic N) is 3. The Kier molecular flexibility index (Phi) is 6.31. The number of likely N-dealkylation sites (N-methyl/N-ethyl adjacent to an activating group) is 1. The molecule has 0 spiro atoms. The highest BCUT2D eigenvalue weighted by Crippen LogP contribution is 2.25. The van der Waals surface area contributed by atoms with Crippen molar-refractivity contribution in [3.8, 4) is 5.69 Å². The van der Waals surface area contributed by atoms with Crippen LogP contribution in [-0.2, 0) is 0 Å². The van der Waals surface area contributed by atoms with Crippen LogP contribution < -0.4 is 5.32 Å². The molecule has 0 fully saturated rings. The molecule has 3 rings (SSSR count). The number of rotatable bonds is 6. The molecule has 2 aromatic carbocycles. The lowest BCUT2D eigenvalue weighted by Crippen LogP contribution is -2.34. The smallest absolute Gasteiger partial charge is 0.254 e. The molecule has 0 bridgehead atoms. The third kappa shape index (κ3) is 4.77. The Hall–Kier alpha value is -2.15. The Morgan fingerprint density at radius 2 is 1.93 bits per heavy atom. The third-order valence-corrected chi connectivity index (χ3v) is 5.15. The van der Waals surface area contributed by atoms with E-state index in [1.165, 1.54) is 0 Å². The van der Waals surface area contributed by atoms with Crippen LogP contribution in [0.4, 0.5) is 0 Å². The van der Waals surface area contributed by atoms with Gasteiger partial charge in [-0.2, -0.15) is 5.10 Å². The Balaban J connectivity index is 1.70. The Morgan fingerprint density at radius 1 is 1.22 bits per heavy atom. The monoisotopic (exact) mass is 446 g/mol. The average molecular weight is 448 g/mol. The van der Waals surface area contributed by atoms with Crippen molar-refractivity contribution in [3.63, 3.8) is 0 Å². The highest BCUT2D eigenvalue weighted by atomic mass is 79.9. The summed E-state index contributed by atoms with van der Waals surface area (Å²) in [4.78, 5) is 14.6. The zero-order valence-electron chi connectivity index (χ0n) is 15.1. The van der Waals surface area contributed by atoms with Gasteiger partial charge in [0.1, 0.15) is 0 Å². The van der Waals surface area contributed by atoms with E-state index in [1.54, 1.807) is 17.1 Å². The summed E-state index contributed by atoms with van der Waals surface area (Å²) in [7, 11) is 3.93. The maximum atomic E-state index is 12.6. The summed E-state index contributed by atoms with van der Waals surface area (Å²) in [6.07, 6.45) is 3.29. The maximum absolute atomic E-state index is 12.6. The second kappa shape index (κ2) is 8.69. The van der Waals surface area contributed by atoms with Crippen LogP contribution in [0.3, 0.4) is 0 Å². The molecular weight excluding hydrogens is 428 g/mol. The number of amides is 1. The summed E-state index contributed by atoms with van der Waals surface area (Å²) in [5.74, 6) is -0.169. The van der Waals surface area contributed by atoms with Gasteiger partial charge in [0.25, 0.3) is 5.91 Å². The number of benzene rings is 2. The van der Waals surface area contributed by atoms with Crippen molar-refractivity contribution in [1.29, 1.82) is 0 Å². The van der Waals surface area contributed by atoms with Crippen molar-refractivity contribution < 1.29 is 4.79 Å². The molecular formula is C20H20BrClN4O. The molecule has 0 aliphatic rings. The van der Waals surface area contributed by atoms with E-state index in [1.807, 2.05) is 67.5 Å². The first kappa shape index (κ1) is 19.6. The van der Waals surface area contributed by atoms with Crippen LogP contribution in [0.2, 0.25) is 5.02 Å². The fourth-order valence-corrected chi connectivity index (χ4v) is 3.31. The first-order valence-electron chi connectivity index (χ1n) is 8.45. The molecule has 1 amide bonds.